The Labute approximate surface area is 188 Å². The summed E-state index contributed by atoms with van der Waals surface area (Å²) in [7, 11) is 0. The molecule has 0 aliphatic carbocycles. The van der Waals surface area contributed by atoms with E-state index in [1.165, 1.54) is 23.1 Å². The summed E-state index contributed by atoms with van der Waals surface area (Å²) in [4.78, 5) is 18.8. The fraction of sp³-hybridized carbons (Fsp3) is 0.375. The number of hydrogen-bond acceptors (Lipinski definition) is 6. The van der Waals surface area contributed by atoms with Gasteiger partial charge in [0, 0.05) is 11.4 Å². The third kappa shape index (κ3) is 6.58. The molecule has 6 nitrogen and oxygen atoms in total. The Morgan fingerprint density at radius 3 is 2.71 bits per heavy atom. The van der Waals surface area contributed by atoms with E-state index in [0.717, 1.165) is 10.6 Å². The molecule has 0 radical (unpaired) electrons. The van der Waals surface area contributed by atoms with E-state index in [-0.39, 0.29) is 24.7 Å². The molecular weight excluding hydrogens is 412 g/mol. The smallest absolute Gasteiger partial charge is 0.264 e. The van der Waals surface area contributed by atoms with E-state index in [4.69, 9.17) is 14.3 Å². The maximum atomic E-state index is 12.7. The van der Waals surface area contributed by atoms with Gasteiger partial charge in [-0.25, -0.2) is 9.79 Å². The number of carbonyl (C=O) groups is 1. The van der Waals surface area contributed by atoms with Gasteiger partial charge in [0.25, 0.3) is 5.91 Å². The van der Waals surface area contributed by atoms with Gasteiger partial charge < -0.3 is 9.47 Å². The second-order valence-corrected chi connectivity index (χ2v) is 8.66. The van der Waals surface area contributed by atoms with Crippen molar-refractivity contribution in [1.29, 1.82) is 0 Å². The van der Waals surface area contributed by atoms with E-state index in [0.29, 0.717) is 13.2 Å². The fourth-order valence-corrected chi connectivity index (χ4v) is 4.61. The Bertz CT molecular complexity index is 874. The van der Waals surface area contributed by atoms with Gasteiger partial charge >= 0.3 is 0 Å². The summed E-state index contributed by atoms with van der Waals surface area (Å²) in [6.07, 6.45) is 1.34. The highest BCUT2D eigenvalue weighted by Crippen LogP contribution is 2.32. The molecule has 0 unspecified atom stereocenters. The lowest BCUT2D eigenvalue weighted by Gasteiger charge is -2.40. The molecule has 3 atom stereocenters. The first kappa shape index (κ1) is 23.3. The number of amides is 1. The second-order valence-electron chi connectivity index (χ2n) is 7.54. The monoisotopic (exact) mass is 442 g/mol. The Morgan fingerprint density at radius 1 is 1.26 bits per heavy atom. The first-order chi connectivity index (χ1) is 15.0. The molecule has 31 heavy (non-hydrogen) atoms. The first-order valence-corrected chi connectivity index (χ1v) is 11.1. The molecule has 1 aliphatic heterocycles. The lowest BCUT2D eigenvalue weighted by atomic mass is 10.1. The number of rotatable bonds is 9. The molecule has 1 fully saturated rings. The van der Waals surface area contributed by atoms with E-state index < -0.39 is 6.04 Å². The van der Waals surface area contributed by atoms with Gasteiger partial charge in [0.2, 0.25) is 0 Å². The van der Waals surface area contributed by atoms with Crippen molar-refractivity contribution >= 4 is 17.9 Å². The zero-order chi connectivity index (χ0) is 22.2. The van der Waals surface area contributed by atoms with Crippen molar-refractivity contribution < 1.29 is 19.1 Å². The van der Waals surface area contributed by atoms with Gasteiger partial charge in [-0.1, -0.05) is 30.3 Å². The first-order valence-electron chi connectivity index (χ1n) is 10.4. The molecule has 0 aromatic heterocycles. The Balaban J connectivity index is 1.62. The van der Waals surface area contributed by atoms with Crippen molar-refractivity contribution in [3.8, 4) is 5.75 Å². The lowest BCUT2D eigenvalue weighted by Crippen LogP contribution is -2.57. The van der Waals surface area contributed by atoms with Gasteiger partial charge in [0.1, 0.15) is 18.4 Å². The molecule has 1 aliphatic rings. The van der Waals surface area contributed by atoms with Gasteiger partial charge in [-0.3, -0.25) is 9.63 Å². The third-order valence-electron chi connectivity index (χ3n) is 4.98. The van der Waals surface area contributed by atoms with E-state index in [1.54, 1.807) is 6.08 Å². The number of nitrogens with one attached hydrogen (secondary N) is 1. The van der Waals surface area contributed by atoms with E-state index >= 15 is 0 Å². The van der Waals surface area contributed by atoms with Crippen LogP contribution in [-0.2, 0) is 21.0 Å². The van der Waals surface area contributed by atoms with Gasteiger partial charge in [-0.2, -0.15) is 0 Å². The summed E-state index contributed by atoms with van der Waals surface area (Å²) in [6.45, 7) is 11.0. The molecule has 0 saturated carbocycles. The molecule has 7 heteroatoms. The molecule has 3 rings (SSSR count). The van der Waals surface area contributed by atoms with Crippen LogP contribution in [0.5, 0.6) is 5.75 Å². The summed E-state index contributed by atoms with van der Waals surface area (Å²) in [5.74, 6) is 0.579. The summed E-state index contributed by atoms with van der Waals surface area (Å²) < 4.78 is 13.9. The van der Waals surface area contributed by atoms with Crippen molar-refractivity contribution in [2.24, 2.45) is 0 Å². The highest BCUT2D eigenvalue weighted by Gasteiger charge is 2.38. The minimum atomic E-state index is -0.469. The largest absolute Gasteiger partial charge is 0.489 e. The maximum Gasteiger partial charge on any atom is 0.264 e. The Hall–Kier alpha value is -2.32. The highest BCUT2D eigenvalue weighted by molar-refractivity contribution is 7.97. The standard InChI is InChI=1S/C24H30N2O4S/c1-5-14-29-25-24(27)23-19(4)30-18(3)15-26(23)31-22-12-10-21(11-13-22)28-16-20-9-7-6-8-17(20)2/h5-13,18-19,23H,1,14-16H2,2-4H3,(H,25,27)/t18-,19-,23+/m0/s1. The van der Waals surface area contributed by atoms with Crippen LogP contribution in [0.3, 0.4) is 0 Å². The zero-order valence-corrected chi connectivity index (χ0v) is 19.1. The second kappa shape index (κ2) is 11.3. The number of aryl methyl sites for hydroxylation is 1. The van der Waals surface area contributed by atoms with E-state index in [9.17, 15) is 4.79 Å². The van der Waals surface area contributed by atoms with Crippen molar-refractivity contribution in [3.63, 3.8) is 0 Å². The number of hydroxylamine groups is 1. The molecule has 1 N–H and O–H groups in total. The minimum absolute atomic E-state index is 0.0253. The number of morpholine rings is 1. The van der Waals surface area contributed by atoms with Crippen LogP contribution in [0.1, 0.15) is 25.0 Å². The van der Waals surface area contributed by atoms with E-state index in [2.05, 4.69) is 35.4 Å². The Kier molecular flexibility index (Phi) is 8.54. The van der Waals surface area contributed by atoms with Crippen LogP contribution in [0.4, 0.5) is 0 Å². The number of hydrogen-bond donors (Lipinski definition) is 1. The SMILES string of the molecule is C=CCONC(=O)[C@H]1[C@H](C)O[C@@H](C)CN1Sc1ccc(OCc2ccccc2C)cc1. The quantitative estimate of drug-likeness (QED) is 0.271. The van der Waals surface area contributed by atoms with E-state index in [1.807, 2.05) is 50.2 Å². The molecule has 1 amide bonds. The number of benzene rings is 2. The van der Waals surface area contributed by atoms with Crippen molar-refractivity contribution in [2.75, 3.05) is 13.2 Å². The van der Waals surface area contributed by atoms with Crippen molar-refractivity contribution in [2.45, 2.75) is 50.5 Å². The molecule has 2 aromatic rings. The maximum absolute atomic E-state index is 12.7. The lowest BCUT2D eigenvalue weighted by molar-refractivity contribution is -0.149. The van der Waals surface area contributed by atoms with Crippen molar-refractivity contribution in [1.82, 2.24) is 9.79 Å². The van der Waals surface area contributed by atoms with Gasteiger partial charge in [0.15, 0.2) is 0 Å². The number of carbonyl (C=O) groups excluding carboxylic acids is 1. The van der Waals surface area contributed by atoms with Crippen LogP contribution in [0.25, 0.3) is 0 Å². The summed E-state index contributed by atoms with van der Waals surface area (Å²) >= 11 is 1.53. The van der Waals surface area contributed by atoms with Crippen LogP contribution in [0, 0.1) is 6.92 Å². The van der Waals surface area contributed by atoms with Crippen LogP contribution in [0.2, 0.25) is 0 Å². The predicted octanol–water partition coefficient (Wildman–Crippen LogP) is 4.29. The van der Waals surface area contributed by atoms with Gasteiger partial charge in [-0.05, 0) is 68.1 Å². The molecule has 0 spiro atoms. The Morgan fingerprint density at radius 2 is 2.00 bits per heavy atom. The normalized spacial score (nSPS) is 21.5. The average Bonchev–Trinajstić information content (AvgIpc) is 2.74. The predicted molar refractivity (Wildman–Crippen MR) is 123 cm³/mol. The number of ether oxygens (including phenoxy) is 2. The third-order valence-corrected chi connectivity index (χ3v) is 6.08. The van der Waals surface area contributed by atoms with Gasteiger partial charge in [-0.15, -0.1) is 6.58 Å². The average molecular weight is 443 g/mol. The zero-order valence-electron chi connectivity index (χ0n) is 18.2. The minimum Gasteiger partial charge on any atom is -0.489 e. The summed E-state index contributed by atoms with van der Waals surface area (Å²) in [5, 5.41) is 0. The molecule has 0 bridgehead atoms. The molecule has 166 valence electrons. The summed E-state index contributed by atoms with van der Waals surface area (Å²) in [6, 6.07) is 15.6. The summed E-state index contributed by atoms with van der Waals surface area (Å²) in [5.41, 5.74) is 4.88. The van der Waals surface area contributed by atoms with Crippen LogP contribution in [0.15, 0.2) is 66.1 Å². The van der Waals surface area contributed by atoms with Gasteiger partial charge in [0.05, 0.1) is 18.8 Å². The topological polar surface area (TPSA) is 60.0 Å². The molecule has 1 saturated heterocycles. The van der Waals surface area contributed by atoms with Crippen LogP contribution >= 0.6 is 11.9 Å². The van der Waals surface area contributed by atoms with Crippen LogP contribution < -0.4 is 10.2 Å². The highest BCUT2D eigenvalue weighted by atomic mass is 32.2. The van der Waals surface area contributed by atoms with Crippen molar-refractivity contribution in [3.05, 3.63) is 72.3 Å². The fourth-order valence-electron chi connectivity index (χ4n) is 3.42. The molecule has 1 heterocycles. The molecular formula is C24H30N2O4S. The number of nitrogens with zero attached hydrogens (tertiary/aromatic N) is 1. The molecule has 2 aromatic carbocycles. The van der Waals surface area contributed by atoms with Crippen LogP contribution in [-0.4, -0.2) is 41.6 Å².